The van der Waals surface area contributed by atoms with Crippen LogP contribution < -0.4 is 0 Å². The minimum absolute atomic E-state index is 0.619. The number of hydrogen-bond acceptors (Lipinski definition) is 1. The van der Waals surface area contributed by atoms with Crippen molar-refractivity contribution in [1.29, 1.82) is 0 Å². The van der Waals surface area contributed by atoms with E-state index in [1.807, 2.05) is 25.1 Å². The maximum absolute atomic E-state index is 12.7. The first-order chi connectivity index (χ1) is 6.58. The van der Waals surface area contributed by atoms with Crippen LogP contribution in [0, 0.1) is 6.92 Å². The summed E-state index contributed by atoms with van der Waals surface area (Å²) in [7, 11) is 0. The average molecular weight is 196 g/mol. The molecule has 3 heteroatoms. The van der Waals surface area contributed by atoms with Crippen LogP contribution in [-0.4, -0.2) is 6.11 Å². The number of rotatable bonds is 1. The molecule has 0 N–H and O–H groups in total. The molecule has 0 aliphatic carbocycles. The van der Waals surface area contributed by atoms with Gasteiger partial charge in [-0.15, -0.1) is 0 Å². The summed E-state index contributed by atoms with van der Waals surface area (Å²) in [6, 6.07) is 7.36. The lowest BCUT2D eigenvalue weighted by molar-refractivity contribution is -0.205. The monoisotopic (exact) mass is 196 g/mol. The van der Waals surface area contributed by atoms with Crippen LogP contribution in [0.15, 0.2) is 36.4 Å². The smallest absolute Gasteiger partial charge is 0.305 e. The number of halogens is 2. The van der Waals surface area contributed by atoms with Crippen LogP contribution in [0.5, 0.6) is 0 Å². The molecule has 0 aromatic heterocycles. The van der Waals surface area contributed by atoms with Crippen LogP contribution in [0.4, 0.5) is 8.78 Å². The zero-order chi connectivity index (χ0) is 10.2. The normalized spacial score (nSPS) is 24.1. The lowest BCUT2D eigenvalue weighted by Crippen LogP contribution is -2.14. The molecule has 0 radical (unpaired) electrons. The van der Waals surface area contributed by atoms with Gasteiger partial charge in [0.05, 0.1) is 0 Å². The zero-order valence-corrected chi connectivity index (χ0v) is 7.71. The van der Waals surface area contributed by atoms with Gasteiger partial charge in [-0.2, -0.15) is 8.78 Å². The van der Waals surface area contributed by atoms with Gasteiger partial charge in [0.1, 0.15) is 6.10 Å². The third kappa shape index (κ3) is 1.68. The van der Waals surface area contributed by atoms with Gasteiger partial charge in [-0.3, -0.25) is 0 Å². The summed E-state index contributed by atoms with van der Waals surface area (Å²) in [4.78, 5) is 0. The third-order valence-corrected chi connectivity index (χ3v) is 2.24. The minimum Gasteiger partial charge on any atom is -0.305 e. The fourth-order valence-electron chi connectivity index (χ4n) is 1.52. The molecule has 1 nitrogen and oxygen atoms in total. The molecular weight excluding hydrogens is 186 g/mol. The molecule has 14 heavy (non-hydrogen) atoms. The van der Waals surface area contributed by atoms with Gasteiger partial charge in [0.25, 0.3) is 0 Å². The highest BCUT2D eigenvalue weighted by Gasteiger charge is 2.36. The molecule has 74 valence electrons. The summed E-state index contributed by atoms with van der Waals surface area (Å²) >= 11 is 0. The molecule has 0 spiro atoms. The van der Waals surface area contributed by atoms with Gasteiger partial charge in [-0.25, -0.2) is 0 Å². The molecule has 1 aliphatic heterocycles. The Morgan fingerprint density at radius 1 is 1.29 bits per heavy atom. The van der Waals surface area contributed by atoms with Crippen molar-refractivity contribution in [2.45, 2.75) is 19.1 Å². The van der Waals surface area contributed by atoms with Crippen molar-refractivity contribution in [2.24, 2.45) is 0 Å². The van der Waals surface area contributed by atoms with E-state index in [1.54, 1.807) is 6.07 Å². The summed E-state index contributed by atoms with van der Waals surface area (Å²) < 4.78 is 30.0. The second-order valence-electron chi connectivity index (χ2n) is 3.32. The number of ether oxygens (including phenoxy) is 1. The maximum atomic E-state index is 12.7. The van der Waals surface area contributed by atoms with Crippen molar-refractivity contribution in [2.75, 3.05) is 0 Å². The van der Waals surface area contributed by atoms with Crippen LogP contribution in [-0.2, 0) is 4.74 Å². The van der Waals surface area contributed by atoms with E-state index < -0.39 is 12.2 Å². The highest BCUT2D eigenvalue weighted by atomic mass is 19.3. The predicted molar refractivity (Wildman–Crippen MR) is 49.1 cm³/mol. The Balaban J connectivity index is 2.27. The lowest BCUT2D eigenvalue weighted by atomic mass is 10.0. The van der Waals surface area contributed by atoms with Gasteiger partial charge in [0.2, 0.25) is 0 Å². The van der Waals surface area contributed by atoms with E-state index in [9.17, 15) is 8.78 Å². The molecule has 1 unspecified atom stereocenters. The molecule has 1 aromatic rings. The number of aryl methyl sites for hydroxylation is 1. The molecular formula is C11H10F2O. The molecule has 0 fully saturated rings. The van der Waals surface area contributed by atoms with Gasteiger partial charge in [0, 0.05) is 6.08 Å². The van der Waals surface area contributed by atoms with E-state index in [4.69, 9.17) is 0 Å². The topological polar surface area (TPSA) is 9.23 Å². The Hall–Kier alpha value is -1.22. The quantitative estimate of drug-likeness (QED) is 0.626. The van der Waals surface area contributed by atoms with E-state index in [2.05, 4.69) is 4.74 Å². The van der Waals surface area contributed by atoms with Crippen LogP contribution in [0.3, 0.4) is 0 Å². The first kappa shape index (κ1) is 9.34. The summed E-state index contributed by atoms with van der Waals surface area (Å²) in [6.45, 7) is 1.88. The Labute approximate surface area is 81.0 Å². The molecule has 0 saturated carbocycles. The average Bonchev–Trinajstić information content (AvgIpc) is 2.47. The highest BCUT2D eigenvalue weighted by Crippen LogP contribution is 2.36. The number of hydrogen-bond donors (Lipinski definition) is 0. The maximum Gasteiger partial charge on any atom is 0.377 e. The fourth-order valence-corrected chi connectivity index (χ4v) is 1.52. The van der Waals surface area contributed by atoms with Crippen molar-refractivity contribution in [1.82, 2.24) is 0 Å². The zero-order valence-electron chi connectivity index (χ0n) is 7.71. The Morgan fingerprint density at radius 3 is 2.57 bits per heavy atom. The lowest BCUT2D eigenvalue weighted by Gasteiger charge is -2.14. The molecule has 2 rings (SSSR count). The number of alkyl halides is 2. The minimum atomic E-state index is -3.12. The van der Waals surface area contributed by atoms with Gasteiger partial charge < -0.3 is 4.74 Å². The summed E-state index contributed by atoms with van der Waals surface area (Å²) in [6.07, 6.45) is -1.55. The largest absolute Gasteiger partial charge is 0.377 e. The highest BCUT2D eigenvalue weighted by molar-refractivity contribution is 5.31. The standard InChI is InChI=1S/C11H10F2O/c1-8-4-2-3-5-9(8)10-6-7-11(12,13)14-10/h2-7,10H,1H3. The van der Waals surface area contributed by atoms with Crippen LogP contribution in [0.2, 0.25) is 0 Å². The molecule has 1 aromatic carbocycles. The van der Waals surface area contributed by atoms with E-state index >= 15 is 0 Å². The van der Waals surface area contributed by atoms with Crippen LogP contribution in [0.1, 0.15) is 17.2 Å². The Kier molecular flexibility index (Phi) is 2.11. The van der Waals surface area contributed by atoms with Gasteiger partial charge in [0.15, 0.2) is 0 Å². The predicted octanol–water partition coefficient (Wildman–Crippen LogP) is 3.22. The second-order valence-corrected chi connectivity index (χ2v) is 3.32. The van der Waals surface area contributed by atoms with Crippen molar-refractivity contribution < 1.29 is 13.5 Å². The van der Waals surface area contributed by atoms with E-state index in [0.717, 1.165) is 17.2 Å². The van der Waals surface area contributed by atoms with Gasteiger partial charge in [-0.1, -0.05) is 24.3 Å². The van der Waals surface area contributed by atoms with Gasteiger partial charge in [-0.05, 0) is 24.1 Å². The van der Waals surface area contributed by atoms with Gasteiger partial charge >= 0.3 is 6.11 Å². The van der Waals surface area contributed by atoms with Crippen molar-refractivity contribution in [3.05, 3.63) is 47.5 Å². The molecule has 1 atom stereocenters. The number of benzene rings is 1. The van der Waals surface area contributed by atoms with E-state index in [0.29, 0.717) is 0 Å². The van der Waals surface area contributed by atoms with Crippen molar-refractivity contribution in [3.63, 3.8) is 0 Å². The molecule has 0 bridgehead atoms. The fraction of sp³-hybridized carbons (Fsp3) is 0.273. The molecule has 1 heterocycles. The van der Waals surface area contributed by atoms with Crippen LogP contribution >= 0.6 is 0 Å². The Bertz CT molecular complexity index is 371. The summed E-state index contributed by atoms with van der Waals surface area (Å²) in [5, 5.41) is 0. The summed E-state index contributed by atoms with van der Waals surface area (Å²) in [5.41, 5.74) is 1.75. The molecule has 0 amide bonds. The first-order valence-corrected chi connectivity index (χ1v) is 4.39. The van der Waals surface area contributed by atoms with Crippen molar-refractivity contribution in [3.8, 4) is 0 Å². The second kappa shape index (κ2) is 3.17. The summed E-state index contributed by atoms with van der Waals surface area (Å²) in [5.74, 6) is 0. The van der Waals surface area contributed by atoms with Crippen molar-refractivity contribution >= 4 is 0 Å². The Morgan fingerprint density at radius 2 is 2.00 bits per heavy atom. The third-order valence-electron chi connectivity index (χ3n) is 2.24. The SMILES string of the molecule is Cc1ccccc1C1C=CC(F)(F)O1. The van der Waals surface area contributed by atoms with E-state index in [1.165, 1.54) is 6.08 Å². The molecule has 0 saturated heterocycles. The van der Waals surface area contributed by atoms with Crippen LogP contribution in [0.25, 0.3) is 0 Å². The molecule has 1 aliphatic rings. The first-order valence-electron chi connectivity index (χ1n) is 4.39. The van der Waals surface area contributed by atoms with E-state index in [-0.39, 0.29) is 0 Å².